The summed E-state index contributed by atoms with van der Waals surface area (Å²) in [6, 6.07) is 0.547. The third kappa shape index (κ3) is 2.55. The monoisotopic (exact) mass is 211 g/mol. The van der Waals surface area contributed by atoms with Gasteiger partial charge in [0.25, 0.3) is 5.56 Å². The van der Waals surface area contributed by atoms with E-state index < -0.39 is 12.0 Å². The van der Waals surface area contributed by atoms with Gasteiger partial charge in [-0.05, 0) is 13.8 Å². The maximum atomic E-state index is 11.1. The molecule has 0 radical (unpaired) electrons. The van der Waals surface area contributed by atoms with Crippen molar-refractivity contribution < 1.29 is 9.90 Å². The summed E-state index contributed by atoms with van der Waals surface area (Å²) < 4.78 is 0. The Morgan fingerprint density at radius 2 is 2.27 bits per heavy atom. The fourth-order valence-corrected chi connectivity index (χ4v) is 1.11. The van der Waals surface area contributed by atoms with Crippen molar-refractivity contribution in [3.8, 4) is 0 Å². The van der Waals surface area contributed by atoms with Gasteiger partial charge in [-0.2, -0.15) is 0 Å². The molecular formula is C9H13N3O3. The van der Waals surface area contributed by atoms with Crippen LogP contribution >= 0.6 is 0 Å². The number of aliphatic carboxylic acids is 1. The van der Waals surface area contributed by atoms with Crippen molar-refractivity contribution in [3.63, 3.8) is 0 Å². The van der Waals surface area contributed by atoms with Crippen LogP contribution in [0.1, 0.15) is 12.7 Å². The van der Waals surface area contributed by atoms with Crippen LogP contribution in [-0.4, -0.2) is 34.1 Å². The molecule has 0 aliphatic carbocycles. The fraction of sp³-hybridized carbons (Fsp3) is 0.444. The molecule has 82 valence electrons. The Labute approximate surface area is 86.6 Å². The third-order valence-electron chi connectivity index (χ3n) is 2.15. The molecule has 0 aromatic carbocycles. The highest BCUT2D eigenvalue weighted by Gasteiger charge is 2.18. The molecule has 0 saturated heterocycles. The van der Waals surface area contributed by atoms with E-state index in [1.807, 2.05) is 0 Å². The zero-order valence-corrected chi connectivity index (χ0v) is 8.81. The molecule has 1 heterocycles. The van der Waals surface area contributed by atoms with Crippen molar-refractivity contribution in [1.29, 1.82) is 0 Å². The Hall–Kier alpha value is -1.85. The summed E-state index contributed by atoms with van der Waals surface area (Å²) >= 11 is 0. The van der Waals surface area contributed by atoms with Crippen LogP contribution in [0.5, 0.6) is 0 Å². The van der Waals surface area contributed by atoms with E-state index >= 15 is 0 Å². The Morgan fingerprint density at radius 3 is 2.73 bits per heavy atom. The molecule has 6 nitrogen and oxygen atoms in total. The molecule has 0 saturated carbocycles. The van der Waals surface area contributed by atoms with Gasteiger partial charge in [0.05, 0.1) is 0 Å². The first kappa shape index (κ1) is 11.2. The molecular weight excluding hydrogens is 198 g/mol. The second-order valence-corrected chi connectivity index (χ2v) is 3.31. The average Bonchev–Trinajstić information content (AvgIpc) is 2.13. The van der Waals surface area contributed by atoms with E-state index in [0.29, 0.717) is 11.6 Å². The number of nitrogens with one attached hydrogen (secondary N) is 1. The van der Waals surface area contributed by atoms with Crippen molar-refractivity contribution in [3.05, 3.63) is 22.2 Å². The number of carboxylic acids is 1. The molecule has 0 amide bonds. The van der Waals surface area contributed by atoms with E-state index in [2.05, 4.69) is 9.97 Å². The van der Waals surface area contributed by atoms with Gasteiger partial charge in [0.15, 0.2) is 0 Å². The second kappa shape index (κ2) is 4.12. The van der Waals surface area contributed by atoms with Gasteiger partial charge in [-0.15, -0.1) is 0 Å². The first-order valence-electron chi connectivity index (χ1n) is 4.45. The predicted octanol–water partition coefficient (Wildman–Crippen LogP) is -0.0124. The Morgan fingerprint density at radius 1 is 1.67 bits per heavy atom. The average molecular weight is 211 g/mol. The largest absolute Gasteiger partial charge is 0.480 e. The fourth-order valence-electron chi connectivity index (χ4n) is 1.11. The smallest absolute Gasteiger partial charge is 0.326 e. The number of aromatic nitrogens is 2. The molecule has 1 atom stereocenters. The SMILES string of the molecule is Cc1nc(N(C)C(C)C(=O)O)cc(=O)[nH]1. The van der Waals surface area contributed by atoms with Crippen molar-refractivity contribution in [2.45, 2.75) is 19.9 Å². The van der Waals surface area contributed by atoms with Gasteiger partial charge in [-0.3, -0.25) is 4.79 Å². The molecule has 0 bridgehead atoms. The van der Waals surface area contributed by atoms with Gasteiger partial charge >= 0.3 is 5.97 Å². The van der Waals surface area contributed by atoms with Crippen LogP contribution in [0.25, 0.3) is 0 Å². The number of aromatic amines is 1. The van der Waals surface area contributed by atoms with E-state index in [4.69, 9.17) is 5.11 Å². The second-order valence-electron chi connectivity index (χ2n) is 3.31. The van der Waals surface area contributed by atoms with Crippen LogP contribution in [-0.2, 0) is 4.79 Å². The highest BCUT2D eigenvalue weighted by atomic mass is 16.4. The number of aryl methyl sites for hydroxylation is 1. The topological polar surface area (TPSA) is 86.3 Å². The Bertz CT molecular complexity index is 427. The zero-order valence-electron chi connectivity index (χ0n) is 8.81. The maximum Gasteiger partial charge on any atom is 0.326 e. The summed E-state index contributed by atoms with van der Waals surface area (Å²) in [7, 11) is 1.58. The number of carboxylic acid groups (broad SMARTS) is 1. The van der Waals surface area contributed by atoms with Crippen LogP contribution in [0, 0.1) is 6.92 Å². The number of anilines is 1. The van der Waals surface area contributed by atoms with Gasteiger partial charge in [-0.1, -0.05) is 0 Å². The molecule has 0 fully saturated rings. The molecule has 1 aromatic heterocycles. The minimum atomic E-state index is -0.961. The van der Waals surface area contributed by atoms with Crippen molar-refractivity contribution in [2.75, 3.05) is 11.9 Å². The number of rotatable bonds is 3. The van der Waals surface area contributed by atoms with E-state index in [-0.39, 0.29) is 5.56 Å². The standard InChI is InChI=1S/C9H13N3O3/c1-5(9(14)15)12(3)7-4-8(13)11-6(2)10-7/h4-5H,1-3H3,(H,14,15)(H,10,11,13). The van der Waals surface area contributed by atoms with E-state index in [1.54, 1.807) is 14.0 Å². The summed E-state index contributed by atoms with van der Waals surface area (Å²) in [6.45, 7) is 3.17. The molecule has 2 N–H and O–H groups in total. The van der Waals surface area contributed by atoms with Gasteiger partial charge in [0.1, 0.15) is 17.7 Å². The van der Waals surface area contributed by atoms with Crippen molar-refractivity contribution >= 4 is 11.8 Å². The maximum absolute atomic E-state index is 11.1. The number of hydrogen-bond donors (Lipinski definition) is 2. The predicted molar refractivity (Wildman–Crippen MR) is 55.1 cm³/mol. The number of carbonyl (C=O) groups is 1. The minimum Gasteiger partial charge on any atom is -0.480 e. The Balaban J connectivity index is 3.05. The summed E-state index contributed by atoms with van der Waals surface area (Å²) in [5.74, 6) is -0.148. The van der Waals surface area contributed by atoms with E-state index in [9.17, 15) is 9.59 Å². The van der Waals surface area contributed by atoms with Gasteiger partial charge in [-0.25, -0.2) is 9.78 Å². The van der Waals surface area contributed by atoms with Crippen LogP contribution < -0.4 is 10.5 Å². The highest BCUT2D eigenvalue weighted by molar-refractivity contribution is 5.76. The molecule has 1 unspecified atom stereocenters. The van der Waals surface area contributed by atoms with Crippen molar-refractivity contribution in [1.82, 2.24) is 9.97 Å². The summed E-state index contributed by atoms with van der Waals surface area (Å²) in [5.41, 5.74) is -0.290. The van der Waals surface area contributed by atoms with E-state index in [1.165, 1.54) is 17.9 Å². The van der Waals surface area contributed by atoms with Gasteiger partial charge in [0, 0.05) is 13.1 Å². The van der Waals surface area contributed by atoms with Crippen LogP contribution in [0.3, 0.4) is 0 Å². The molecule has 15 heavy (non-hydrogen) atoms. The number of nitrogens with zero attached hydrogens (tertiary/aromatic N) is 2. The number of likely N-dealkylation sites (N-methyl/N-ethyl adjacent to an activating group) is 1. The molecule has 0 spiro atoms. The van der Waals surface area contributed by atoms with Crippen LogP contribution in [0.4, 0.5) is 5.82 Å². The molecule has 6 heteroatoms. The van der Waals surface area contributed by atoms with Gasteiger partial charge < -0.3 is 15.0 Å². The van der Waals surface area contributed by atoms with Crippen molar-refractivity contribution in [2.24, 2.45) is 0 Å². The quantitative estimate of drug-likeness (QED) is 0.734. The highest BCUT2D eigenvalue weighted by Crippen LogP contribution is 2.09. The molecule has 0 aliphatic heterocycles. The van der Waals surface area contributed by atoms with Gasteiger partial charge in [0.2, 0.25) is 0 Å². The molecule has 1 rings (SSSR count). The lowest BCUT2D eigenvalue weighted by molar-refractivity contribution is -0.138. The number of H-pyrrole nitrogens is 1. The minimum absolute atomic E-state index is 0.290. The summed E-state index contributed by atoms with van der Waals surface area (Å²) in [5, 5.41) is 8.80. The zero-order chi connectivity index (χ0) is 11.6. The van der Waals surface area contributed by atoms with E-state index in [0.717, 1.165) is 0 Å². The summed E-state index contributed by atoms with van der Waals surface area (Å²) in [6.07, 6.45) is 0. The lowest BCUT2D eigenvalue weighted by atomic mass is 10.3. The Kier molecular flexibility index (Phi) is 3.08. The first-order valence-corrected chi connectivity index (χ1v) is 4.45. The normalized spacial score (nSPS) is 12.2. The molecule has 1 aromatic rings. The third-order valence-corrected chi connectivity index (χ3v) is 2.15. The molecule has 0 aliphatic rings. The summed E-state index contributed by atoms with van der Waals surface area (Å²) in [4.78, 5) is 29.8. The lowest BCUT2D eigenvalue weighted by Crippen LogP contribution is -2.37. The lowest BCUT2D eigenvalue weighted by Gasteiger charge is -2.22. The first-order chi connectivity index (χ1) is 6.91. The van der Waals surface area contributed by atoms with Crippen LogP contribution in [0.2, 0.25) is 0 Å². The number of hydrogen-bond acceptors (Lipinski definition) is 4. The van der Waals surface area contributed by atoms with Crippen LogP contribution in [0.15, 0.2) is 10.9 Å².